The SMILES string of the molecule is CCNC(=NCc1nc(C)c(C)o1)NCCNC(=O)C1CCCCC1. The second kappa shape index (κ2) is 10.1. The molecule has 0 aliphatic heterocycles. The highest BCUT2D eigenvalue weighted by molar-refractivity contribution is 5.80. The number of aliphatic imine (C=N–C) groups is 1. The zero-order valence-electron chi connectivity index (χ0n) is 15.7. The quantitative estimate of drug-likeness (QED) is 0.398. The second-order valence-electron chi connectivity index (χ2n) is 6.50. The maximum Gasteiger partial charge on any atom is 0.223 e. The Balaban J connectivity index is 1.73. The lowest BCUT2D eigenvalue weighted by Crippen LogP contribution is -2.42. The van der Waals surface area contributed by atoms with Gasteiger partial charge >= 0.3 is 0 Å². The van der Waals surface area contributed by atoms with Gasteiger partial charge in [0.2, 0.25) is 11.8 Å². The number of oxazole rings is 1. The van der Waals surface area contributed by atoms with Gasteiger partial charge in [-0.25, -0.2) is 9.98 Å². The molecule has 0 saturated heterocycles. The van der Waals surface area contributed by atoms with Crippen LogP contribution in [-0.4, -0.2) is 36.5 Å². The molecule has 1 aromatic rings. The molecule has 1 amide bonds. The van der Waals surface area contributed by atoms with Crippen LogP contribution in [0.2, 0.25) is 0 Å². The number of hydrogen-bond acceptors (Lipinski definition) is 4. The van der Waals surface area contributed by atoms with E-state index in [9.17, 15) is 4.79 Å². The van der Waals surface area contributed by atoms with Crippen LogP contribution in [0.3, 0.4) is 0 Å². The number of guanidine groups is 1. The molecule has 25 heavy (non-hydrogen) atoms. The summed E-state index contributed by atoms with van der Waals surface area (Å²) in [5.41, 5.74) is 0.897. The Morgan fingerprint density at radius 2 is 1.88 bits per heavy atom. The molecule has 7 nitrogen and oxygen atoms in total. The summed E-state index contributed by atoms with van der Waals surface area (Å²) >= 11 is 0. The van der Waals surface area contributed by atoms with Crippen molar-refractivity contribution in [2.24, 2.45) is 10.9 Å². The van der Waals surface area contributed by atoms with Crippen LogP contribution < -0.4 is 16.0 Å². The first-order valence-corrected chi connectivity index (χ1v) is 9.33. The van der Waals surface area contributed by atoms with Gasteiger partial charge in [-0.1, -0.05) is 19.3 Å². The topological polar surface area (TPSA) is 91.6 Å². The van der Waals surface area contributed by atoms with Crippen molar-refractivity contribution in [2.75, 3.05) is 19.6 Å². The van der Waals surface area contributed by atoms with Gasteiger partial charge in [0.25, 0.3) is 0 Å². The highest BCUT2D eigenvalue weighted by atomic mass is 16.4. The molecule has 1 aliphatic rings. The molecule has 0 spiro atoms. The van der Waals surface area contributed by atoms with Gasteiger partial charge in [0, 0.05) is 25.6 Å². The van der Waals surface area contributed by atoms with Crippen molar-refractivity contribution >= 4 is 11.9 Å². The fourth-order valence-electron chi connectivity index (χ4n) is 2.97. The predicted molar refractivity (Wildman–Crippen MR) is 98.4 cm³/mol. The van der Waals surface area contributed by atoms with Gasteiger partial charge in [-0.05, 0) is 33.6 Å². The van der Waals surface area contributed by atoms with Crippen LogP contribution in [0.1, 0.15) is 56.4 Å². The number of carbonyl (C=O) groups is 1. The molecule has 0 atom stereocenters. The number of hydrogen-bond donors (Lipinski definition) is 3. The molecule has 140 valence electrons. The van der Waals surface area contributed by atoms with E-state index < -0.39 is 0 Å². The summed E-state index contributed by atoms with van der Waals surface area (Å²) in [6.07, 6.45) is 5.66. The number of nitrogens with one attached hydrogen (secondary N) is 3. The van der Waals surface area contributed by atoms with Crippen molar-refractivity contribution in [2.45, 2.75) is 59.4 Å². The third-order valence-electron chi connectivity index (χ3n) is 4.48. The summed E-state index contributed by atoms with van der Waals surface area (Å²) in [6.45, 7) is 8.22. The van der Waals surface area contributed by atoms with Crippen LogP contribution in [-0.2, 0) is 11.3 Å². The van der Waals surface area contributed by atoms with Gasteiger partial charge in [-0.3, -0.25) is 4.79 Å². The van der Waals surface area contributed by atoms with Crippen LogP contribution in [0.15, 0.2) is 9.41 Å². The molecule has 3 N–H and O–H groups in total. The van der Waals surface area contributed by atoms with Crippen molar-refractivity contribution in [1.82, 2.24) is 20.9 Å². The van der Waals surface area contributed by atoms with Gasteiger partial charge < -0.3 is 20.4 Å². The van der Waals surface area contributed by atoms with E-state index in [1.165, 1.54) is 19.3 Å². The van der Waals surface area contributed by atoms with E-state index in [2.05, 4.69) is 25.9 Å². The van der Waals surface area contributed by atoms with E-state index in [1.54, 1.807) is 0 Å². The molecule has 1 heterocycles. The first-order chi connectivity index (χ1) is 12.1. The molecule has 0 unspecified atom stereocenters. The first kappa shape index (κ1) is 19.3. The van der Waals surface area contributed by atoms with Gasteiger partial charge in [0.05, 0.1) is 5.69 Å². The van der Waals surface area contributed by atoms with E-state index in [-0.39, 0.29) is 11.8 Å². The lowest BCUT2D eigenvalue weighted by molar-refractivity contribution is -0.125. The third kappa shape index (κ3) is 6.40. The van der Waals surface area contributed by atoms with Gasteiger partial charge in [0.15, 0.2) is 5.96 Å². The number of carbonyl (C=O) groups excluding carboxylic acids is 1. The van der Waals surface area contributed by atoms with Crippen molar-refractivity contribution in [3.63, 3.8) is 0 Å². The molecule has 2 rings (SSSR count). The Morgan fingerprint density at radius 1 is 1.16 bits per heavy atom. The van der Waals surface area contributed by atoms with Crippen molar-refractivity contribution in [3.8, 4) is 0 Å². The minimum Gasteiger partial charge on any atom is -0.444 e. The van der Waals surface area contributed by atoms with Crippen molar-refractivity contribution in [1.29, 1.82) is 0 Å². The van der Waals surface area contributed by atoms with E-state index in [4.69, 9.17) is 4.42 Å². The molecule has 7 heteroatoms. The van der Waals surface area contributed by atoms with E-state index in [0.717, 1.165) is 30.8 Å². The van der Waals surface area contributed by atoms with Gasteiger partial charge in [-0.15, -0.1) is 0 Å². The largest absolute Gasteiger partial charge is 0.444 e. The molecule has 0 bridgehead atoms. The fraction of sp³-hybridized carbons (Fsp3) is 0.722. The first-order valence-electron chi connectivity index (χ1n) is 9.33. The minimum atomic E-state index is 0.189. The summed E-state index contributed by atoms with van der Waals surface area (Å²) in [4.78, 5) is 20.9. The molecule has 1 fully saturated rings. The van der Waals surface area contributed by atoms with Crippen molar-refractivity contribution in [3.05, 3.63) is 17.3 Å². The van der Waals surface area contributed by atoms with Gasteiger partial charge in [0.1, 0.15) is 12.3 Å². The maximum atomic E-state index is 12.1. The Hall–Kier alpha value is -2.05. The number of aryl methyl sites for hydroxylation is 2. The third-order valence-corrected chi connectivity index (χ3v) is 4.48. The monoisotopic (exact) mass is 349 g/mol. The van der Waals surface area contributed by atoms with Crippen LogP contribution in [0.25, 0.3) is 0 Å². The molecule has 0 aromatic carbocycles. The average Bonchev–Trinajstić information content (AvgIpc) is 2.95. The van der Waals surface area contributed by atoms with E-state index >= 15 is 0 Å². The van der Waals surface area contributed by atoms with Crippen molar-refractivity contribution < 1.29 is 9.21 Å². The zero-order chi connectivity index (χ0) is 18.1. The van der Waals surface area contributed by atoms with Crippen LogP contribution in [0.5, 0.6) is 0 Å². The minimum absolute atomic E-state index is 0.189. The highest BCUT2D eigenvalue weighted by Crippen LogP contribution is 2.23. The molecular formula is C18H31N5O2. The zero-order valence-corrected chi connectivity index (χ0v) is 15.7. The molecule has 0 radical (unpaired) electrons. The Kier molecular flexibility index (Phi) is 7.76. The Bertz CT molecular complexity index is 557. The van der Waals surface area contributed by atoms with Gasteiger partial charge in [-0.2, -0.15) is 0 Å². The van der Waals surface area contributed by atoms with Crippen LogP contribution >= 0.6 is 0 Å². The Morgan fingerprint density at radius 3 is 2.52 bits per heavy atom. The summed E-state index contributed by atoms with van der Waals surface area (Å²) in [7, 11) is 0. The number of rotatable bonds is 7. The standard InChI is InChI=1S/C18H31N5O2/c1-4-19-18(22-12-16-23-13(2)14(3)25-16)21-11-10-20-17(24)15-8-6-5-7-9-15/h15H,4-12H2,1-3H3,(H,20,24)(H2,19,21,22). The molecule has 1 aromatic heterocycles. The summed E-state index contributed by atoms with van der Waals surface area (Å²) in [6, 6.07) is 0. The second-order valence-corrected chi connectivity index (χ2v) is 6.50. The fourth-order valence-corrected chi connectivity index (χ4v) is 2.97. The smallest absolute Gasteiger partial charge is 0.223 e. The molecular weight excluding hydrogens is 318 g/mol. The Labute approximate surface area is 150 Å². The number of aromatic nitrogens is 1. The normalized spacial score (nSPS) is 15.9. The number of nitrogens with zero attached hydrogens (tertiary/aromatic N) is 2. The van der Waals surface area contributed by atoms with E-state index in [1.807, 2.05) is 20.8 Å². The lowest BCUT2D eigenvalue weighted by Gasteiger charge is -2.20. The lowest BCUT2D eigenvalue weighted by atomic mass is 9.89. The summed E-state index contributed by atoms with van der Waals surface area (Å²) in [5, 5.41) is 9.43. The maximum absolute atomic E-state index is 12.1. The van der Waals surface area contributed by atoms with Crippen LogP contribution in [0.4, 0.5) is 0 Å². The predicted octanol–water partition coefficient (Wildman–Crippen LogP) is 2.04. The summed E-state index contributed by atoms with van der Waals surface area (Å²) in [5.74, 6) is 2.52. The molecule has 1 aliphatic carbocycles. The van der Waals surface area contributed by atoms with Crippen LogP contribution in [0, 0.1) is 19.8 Å². The molecule has 1 saturated carbocycles. The highest BCUT2D eigenvalue weighted by Gasteiger charge is 2.20. The summed E-state index contributed by atoms with van der Waals surface area (Å²) < 4.78 is 5.54. The average molecular weight is 349 g/mol. The number of amides is 1. The van der Waals surface area contributed by atoms with E-state index in [0.29, 0.717) is 31.5 Å².